The van der Waals surface area contributed by atoms with Gasteiger partial charge in [-0.2, -0.15) is 0 Å². The fourth-order valence-corrected chi connectivity index (χ4v) is 2.98. The van der Waals surface area contributed by atoms with Crippen LogP contribution in [-0.2, 0) is 6.42 Å². The molecular weight excluding hydrogens is 300 g/mol. The molecule has 0 unspecified atom stereocenters. The van der Waals surface area contributed by atoms with Gasteiger partial charge in [0.15, 0.2) is 5.96 Å². The van der Waals surface area contributed by atoms with Gasteiger partial charge in [-0.25, -0.2) is 0 Å². The van der Waals surface area contributed by atoms with E-state index in [-0.39, 0.29) is 0 Å². The third-order valence-electron chi connectivity index (χ3n) is 4.32. The highest BCUT2D eigenvalue weighted by Crippen LogP contribution is 2.12. The van der Waals surface area contributed by atoms with Crippen LogP contribution >= 0.6 is 0 Å². The molecule has 1 saturated heterocycles. The first kappa shape index (κ1) is 18.6. The lowest BCUT2D eigenvalue weighted by molar-refractivity contribution is 0.235. The standard InChI is InChI=1S/C19H32N4O/c1-3-20-19(22-12-15-23-13-5-4-6-14-23)21-11-10-17-8-7-9-18(16-17)24-2/h7-9,16H,3-6,10-15H2,1-2H3,(H2,20,21,22). The van der Waals surface area contributed by atoms with Crippen molar-refractivity contribution in [3.8, 4) is 5.75 Å². The zero-order valence-corrected chi connectivity index (χ0v) is 15.2. The summed E-state index contributed by atoms with van der Waals surface area (Å²) in [6.45, 7) is 8.23. The summed E-state index contributed by atoms with van der Waals surface area (Å²) in [5.41, 5.74) is 1.27. The topological polar surface area (TPSA) is 48.9 Å². The molecule has 5 heteroatoms. The third-order valence-corrected chi connectivity index (χ3v) is 4.32. The SMILES string of the molecule is CCNC(=NCCN1CCCCC1)NCCc1cccc(OC)c1. The zero-order chi connectivity index (χ0) is 17.0. The van der Waals surface area contributed by atoms with Gasteiger partial charge in [0.2, 0.25) is 0 Å². The number of rotatable bonds is 8. The van der Waals surface area contributed by atoms with E-state index in [1.165, 1.54) is 37.9 Å². The summed E-state index contributed by atoms with van der Waals surface area (Å²) in [7, 11) is 1.70. The van der Waals surface area contributed by atoms with Crippen LogP contribution in [0.25, 0.3) is 0 Å². The maximum Gasteiger partial charge on any atom is 0.191 e. The van der Waals surface area contributed by atoms with Crippen LogP contribution in [-0.4, -0.2) is 57.2 Å². The highest BCUT2D eigenvalue weighted by molar-refractivity contribution is 5.79. The number of ether oxygens (including phenoxy) is 1. The Labute approximate surface area is 146 Å². The molecule has 0 bridgehead atoms. The lowest BCUT2D eigenvalue weighted by Gasteiger charge is -2.25. The number of methoxy groups -OCH3 is 1. The molecule has 2 N–H and O–H groups in total. The van der Waals surface area contributed by atoms with Crippen LogP contribution in [0.15, 0.2) is 29.3 Å². The monoisotopic (exact) mass is 332 g/mol. The van der Waals surface area contributed by atoms with Gasteiger partial charge in [-0.1, -0.05) is 18.6 Å². The zero-order valence-electron chi connectivity index (χ0n) is 15.2. The Hall–Kier alpha value is -1.75. The van der Waals surface area contributed by atoms with E-state index in [9.17, 15) is 0 Å². The van der Waals surface area contributed by atoms with Gasteiger partial charge in [0.25, 0.3) is 0 Å². The summed E-state index contributed by atoms with van der Waals surface area (Å²) in [5.74, 6) is 1.83. The first-order chi connectivity index (χ1) is 11.8. The van der Waals surface area contributed by atoms with Crippen LogP contribution in [0, 0.1) is 0 Å². The van der Waals surface area contributed by atoms with Crippen LogP contribution in [0.1, 0.15) is 31.7 Å². The minimum atomic E-state index is 0.856. The maximum absolute atomic E-state index is 5.27. The van der Waals surface area contributed by atoms with Crippen molar-refractivity contribution in [1.82, 2.24) is 15.5 Å². The van der Waals surface area contributed by atoms with Gasteiger partial charge in [0.1, 0.15) is 5.75 Å². The second-order valence-corrected chi connectivity index (χ2v) is 6.19. The highest BCUT2D eigenvalue weighted by atomic mass is 16.5. The van der Waals surface area contributed by atoms with E-state index >= 15 is 0 Å². The second kappa shape index (κ2) is 10.9. The molecule has 0 atom stereocenters. The number of likely N-dealkylation sites (tertiary alicyclic amines) is 1. The van der Waals surface area contributed by atoms with Crippen molar-refractivity contribution in [3.63, 3.8) is 0 Å². The quantitative estimate of drug-likeness (QED) is 0.566. The lowest BCUT2D eigenvalue weighted by Crippen LogP contribution is -2.39. The van der Waals surface area contributed by atoms with Crippen molar-refractivity contribution in [2.24, 2.45) is 4.99 Å². The van der Waals surface area contributed by atoms with Gasteiger partial charge < -0.3 is 20.3 Å². The summed E-state index contributed by atoms with van der Waals surface area (Å²) in [6.07, 6.45) is 5.01. The Morgan fingerprint density at radius 2 is 2.04 bits per heavy atom. The summed E-state index contributed by atoms with van der Waals surface area (Å²) >= 11 is 0. The molecule has 134 valence electrons. The molecular formula is C19H32N4O. The summed E-state index contributed by atoms with van der Waals surface area (Å²) in [6, 6.07) is 8.22. The van der Waals surface area contributed by atoms with Gasteiger partial charge in [-0.3, -0.25) is 4.99 Å². The van der Waals surface area contributed by atoms with Crippen LogP contribution in [0.3, 0.4) is 0 Å². The number of piperidine rings is 1. The number of nitrogens with zero attached hydrogens (tertiary/aromatic N) is 2. The molecule has 5 nitrogen and oxygen atoms in total. The van der Waals surface area contributed by atoms with Gasteiger partial charge in [-0.15, -0.1) is 0 Å². The smallest absolute Gasteiger partial charge is 0.191 e. The Kier molecular flexibility index (Phi) is 8.46. The summed E-state index contributed by atoms with van der Waals surface area (Å²) < 4.78 is 5.27. The Balaban J connectivity index is 1.73. The first-order valence-electron chi connectivity index (χ1n) is 9.19. The van der Waals surface area contributed by atoms with E-state index in [2.05, 4.69) is 34.6 Å². The number of hydrogen-bond acceptors (Lipinski definition) is 3. The number of nitrogens with one attached hydrogen (secondary N) is 2. The lowest BCUT2D eigenvalue weighted by atomic mass is 10.1. The van der Waals surface area contributed by atoms with Gasteiger partial charge >= 0.3 is 0 Å². The number of guanidine groups is 1. The molecule has 1 heterocycles. The molecule has 1 aromatic carbocycles. The first-order valence-corrected chi connectivity index (χ1v) is 9.19. The normalized spacial score (nSPS) is 16.0. The average molecular weight is 332 g/mol. The van der Waals surface area contributed by atoms with E-state index in [0.717, 1.165) is 44.3 Å². The molecule has 1 fully saturated rings. The van der Waals surface area contributed by atoms with Crippen molar-refractivity contribution >= 4 is 5.96 Å². The molecule has 24 heavy (non-hydrogen) atoms. The third kappa shape index (κ3) is 6.79. The average Bonchev–Trinajstić information content (AvgIpc) is 2.63. The van der Waals surface area contributed by atoms with Gasteiger partial charge in [0, 0.05) is 19.6 Å². The Morgan fingerprint density at radius 1 is 1.21 bits per heavy atom. The molecule has 0 amide bonds. The minimum Gasteiger partial charge on any atom is -0.497 e. The van der Waals surface area contributed by atoms with E-state index in [1.807, 2.05) is 12.1 Å². The predicted octanol–water partition coefficient (Wildman–Crippen LogP) is 2.28. The summed E-state index contributed by atoms with van der Waals surface area (Å²) in [4.78, 5) is 7.22. The van der Waals surface area contributed by atoms with Crippen molar-refractivity contribution in [2.45, 2.75) is 32.6 Å². The fourth-order valence-electron chi connectivity index (χ4n) is 2.98. The van der Waals surface area contributed by atoms with E-state index in [1.54, 1.807) is 7.11 Å². The Morgan fingerprint density at radius 3 is 2.79 bits per heavy atom. The molecule has 1 aliphatic heterocycles. The Bertz CT molecular complexity index is 498. The molecule has 0 saturated carbocycles. The molecule has 0 aliphatic carbocycles. The van der Waals surface area contributed by atoms with Crippen molar-refractivity contribution in [3.05, 3.63) is 29.8 Å². The van der Waals surface area contributed by atoms with Crippen LogP contribution in [0.4, 0.5) is 0 Å². The molecule has 0 radical (unpaired) electrons. The van der Waals surface area contributed by atoms with Crippen molar-refractivity contribution in [2.75, 3.05) is 46.4 Å². The summed E-state index contributed by atoms with van der Waals surface area (Å²) in [5, 5.41) is 6.75. The molecule has 1 aliphatic rings. The van der Waals surface area contributed by atoms with Crippen molar-refractivity contribution < 1.29 is 4.74 Å². The second-order valence-electron chi connectivity index (χ2n) is 6.19. The number of aliphatic imine (C=N–C) groups is 1. The number of benzene rings is 1. The van der Waals surface area contributed by atoms with Gasteiger partial charge in [0.05, 0.1) is 13.7 Å². The van der Waals surface area contributed by atoms with E-state index < -0.39 is 0 Å². The maximum atomic E-state index is 5.27. The molecule has 1 aromatic rings. The minimum absolute atomic E-state index is 0.856. The highest BCUT2D eigenvalue weighted by Gasteiger charge is 2.08. The van der Waals surface area contributed by atoms with Gasteiger partial charge in [-0.05, 0) is 57.0 Å². The van der Waals surface area contributed by atoms with Crippen molar-refractivity contribution in [1.29, 1.82) is 0 Å². The molecule has 0 aromatic heterocycles. The molecule has 0 spiro atoms. The van der Waals surface area contributed by atoms with Crippen LogP contribution in [0.5, 0.6) is 5.75 Å². The van der Waals surface area contributed by atoms with E-state index in [4.69, 9.17) is 9.73 Å². The largest absolute Gasteiger partial charge is 0.497 e. The number of hydrogen-bond donors (Lipinski definition) is 2. The fraction of sp³-hybridized carbons (Fsp3) is 0.632. The predicted molar refractivity (Wildman–Crippen MR) is 101 cm³/mol. The van der Waals surface area contributed by atoms with Crippen LogP contribution in [0.2, 0.25) is 0 Å². The molecule has 2 rings (SSSR count). The van der Waals surface area contributed by atoms with Crippen LogP contribution < -0.4 is 15.4 Å². The van der Waals surface area contributed by atoms with E-state index in [0.29, 0.717) is 0 Å².